The Labute approximate surface area is 142 Å². The molecular formula is C16H22N2O5S. The number of sulfonamides is 1. The highest BCUT2D eigenvalue weighted by molar-refractivity contribution is 7.89. The number of ether oxygens (including phenoxy) is 2. The van der Waals surface area contributed by atoms with Crippen molar-refractivity contribution in [3.8, 4) is 5.75 Å². The number of nitrogens with zero attached hydrogens (tertiary/aromatic N) is 1. The standard InChI is InChI=1S/C16H22N2O5S/c1-11(2)22-13-5-7-15(8-6-13)24(20,21)17-9-14-10-18(12-3-4-12)16(19)23-14/h5-8,11-12,14,17H,3-4,9-10H2,1-2H3. The normalized spacial score (nSPS) is 21.2. The van der Waals surface area contributed by atoms with E-state index in [4.69, 9.17) is 9.47 Å². The van der Waals surface area contributed by atoms with Crippen LogP contribution in [0.1, 0.15) is 26.7 Å². The Morgan fingerprint density at radius 1 is 1.29 bits per heavy atom. The van der Waals surface area contributed by atoms with Gasteiger partial charge in [-0.2, -0.15) is 0 Å². The van der Waals surface area contributed by atoms with Crippen molar-refractivity contribution in [1.82, 2.24) is 9.62 Å². The van der Waals surface area contributed by atoms with E-state index in [0.717, 1.165) is 12.8 Å². The molecule has 1 N–H and O–H groups in total. The lowest BCUT2D eigenvalue weighted by Gasteiger charge is -2.13. The molecule has 3 rings (SSSR count). The van der Waals surface area contributed by atoms with E-state index in [2.05, 4.69) is 4.72 Å². The molecule has 1 saturated carbocycles. The third-order valence-corrected chi connectivity index (χ3v) is 5.34. The molecule has 0 aromatic heterocycles. The molecule has 1 aliphatic carbocycles. The van der Waals surface area contributed by atoms with Gasteiger partial charge in [0.2, 0.25) is 10.0 Å². The molecule has 1 saturated heterocycles. The van der Waals surface area contributed by atoms with Gasteiger partial charge >= 0.3 is 6.09 Å². The van der Waals surface area contributed by atoms with Crippen LogP contribution in [0, 0.1) is 0 Å². The van der Waals surface area contributed by atoms with Crippen LogP contribution in [0.4, 0.5) is 4.79 Å². The Bertz CT molecular complexity index is 698. The number of cyclic esters (lactones) is 1. The Morgan fingerprint density at radius 3 is 2.54 bits per heavy atom. The zero-order valence-electron chi connectivity index (χ0n) is 13.8. The van der Waals surface area contributed by atoms with Gasteiger partial charge in [-0.3, -0.25) is 0 Å². The van der Waals surface area contributed by atoms with Crippen LogP contribution in [0.2, 0.25) is 0 Å². The topological polar surface area (TPSA) is 84.9 Å². The summed E-state index contributed by atoms with van der Waals surface area (Å²) < 4.78 is 37.9. The first-order valence-electron chi connectivity index (χ1n) is 8.09. The van der Waals surface area contributed by atoms with Crippen molar-refractivity contribution in [2.75, 3.05) is 13.1 Å². The van der Waals surface area contributed by atoms with E-state index in [1.54, 1.807) is 17.0 Å². The number of rotatable bonds is 7. The average molecular weight is 354 g/mol. The zero-order chi connectivity index (χ0) is 17.3. The van der Waals surface area contributed by atoms with Crippen LogP contribution in [-0.4, -0.2) is 50.8 Å². The van der Waals surface area contributed by atoms with Crippen LogP contribution in [0.25, 0.3) is 0 Å². The minimum absolute atomic E-state index is 0.0250. The summed E-state index contributed by atoms with van der Waals surface area (Å²) in [5.74, 6) is 0.619. The maximum Gasteiger partial charge on any atom is 0.410 e. The smallest absolute Gasteiger partial charge is 0.410 e. The molecule has 0 bridgehead atoms. The van der Waals surface area contributed by atoms with E-state index in [-0.39, 0.29) is 29.7 Å². The summed E-state index contributed by atoms with van der Waals surface area (Å²) >= 11 is 0. The summed E-state index contributed by atoms with van der Waals surface area (Å²) in [6, 6.07) is 6.51. The molecule has 1 atom stereocenters. The SMILES string of the molecule is CC(C)Oc1ccc(S(=O)(=O)NCC2CN(C3CC3)C(=O)O2)cc1. The van der Waals surface area contributed by atoms with Crippen molar-refractivity contribution in [2.45, 2.75) is 49.8 Å². The summed E-state index contributed by atoms with van der Waals surface area (Å²) in [7, 11) is -3.65. The highest BCUT2D eigenvalue weighted by Gasteiger charge is 2.41. The predicted octanol–water partition coefficient (Wildman–Crippen LogP) is 1.74. The molecule has 1 amide bonds. The van der Waals surface area contributed by atoms with Crippen molar-refractivity contribution in [3.63, 3.8) is 0 Å². The van der Waals surface area contributed by atoms with E-state index >= 15 is 0 Å². The first-order valence-corrected chi connectivity index (χ1v) is 9.57. The van der Waals surface area contributed by atoms with Gasteiger partial charge in [0, 0.05) is 12.6 Å². The number of hydrogen-bond donors (Lipinski definition) is 1. The number of amides is 1. The third kappa shape index (κ3) is 3.99. The fraction of sp³-hybridized carbons (Fsp3) is 0.562. The summed E-state index contributed by atoms with van der Waals surface area (Å²) in [6.07, 6.45) is 1.22. The fourth-order valence-electron chi connectivity index (χ4n) is 2.59. The highest BCUT2D eigenvalue weighted by atomic mass is 32.2. The molecule has 1 unspecified atom stereocenters. The molecule has 0 spiro atoms. The van der Waals surface area contributed by atoms with E-state index < -0.39 is 16.1 Å². The lowest BCUT2D eigenvalue weighted by Crippen LogP contribution is -2.35. The van der Waals surface area contributed by atoms with Gasteiger partial charge in [0.15, 0.2) is 0 Å². The molecule has 1 aromatic rings. The number of nitrogens with one attached hydrogen (secondary N) is 1. The largest absolute Gasteiger partial charge is 0.491 e. The van der Waals surface area contributed by atoms with E-state index in [0.29, 0.717) is 12.3 Å². The molecule has 2 aliphatic rings. The van der Waals surface area contributed by atoms with Crippen LogP contribution < -0.4 is 9.46 Å². The Hall–Kier alpha value is -1.80. The van der Waals surface area contributed by atoms with Gasteiger partial charge in [-0.15, -0.1) is 0 Å². The Morgan fingerprint density at radius 2 is 1.96 bits per heavy atom. The van der Waals surface area contributed by atoms with Crippen LogP contribution >= 0.6 is 0 Å². The maximum atomic E-state index is 12.3. The molecule has 1 aliphatic heterocycles. The molecule has 1 aromatic carbocycles. The fourth-order valence-corrected chi connectivity index (χ4v) is 3.65. The summed E-state index contributed by atoms with van der Waals surface area (Å²) in [6.45, 7) is 4.31. The van der Waals surface area contributed by atoms with Gasteiger partial charge in [-0.25, -0.2) is 17.9 Å². The zero-order valence-corrected chi connectivity index (χ0v) is 14.6. The minimum Gasteiger partial charge on any atom is -0.491 e. The number of benzene rings is 1. The average Bonchev–Trinajstić information content (AvgIpc) is 3.28. The first kappa shape index (κ1) is 17.0. The monoisotopic (exact) mass is 354 g/mol. The minimum atomic E-state index is -3.65. The summed E-state index contributed by atoms with van der Waals surface area (Å²) in [4.78, 5) is 13.5. The van der Waals surface area contributed by atoms with E-state index in [9.17, 15) is 13.2 Å². The number of carbonyl (C=O) groups is 1. The molecule has 7 nitrogen and oxygen atoms in total. The number of carbonyl (C=O) groups excluding carboxylic acids is 1. The van der Waals surface area contributed by atoms with Gasteiger partial charge in [-0.05, 0) is 51.0 Å². The Balaban J connectivity index is 1.57. The van der Waals surface area contributed by atoms with Gasteiger partial charge in [0.25, 0.3) is 0 Å². The van der Waals surface area contributed by atoms with Gasteiger partial charge in [0.1, 0.15) is 11.9 Å². The molecule has 1 heterocycles. The molecule has 2 fully saturated rings. The molecular weight excluding hydrogens is 332 g/mol. The predicted molar refractivity (Wildman–Crippen MR) is 87.4 cm³/mol. The molecule has 24 heavy (non-hydrogen) atoms. The van der Waals surface area contributed by atoms with Crippen LogP contribution in [-0.2, 0) is 14.8 Å². The Kier molecular flexibility index (Phi) is 4.69. The summed E-state index contributed by atoms with van der Waals surface area (Å²) in [5, 5.41) is 0. The van der Waals surface area contributed by atoms with Gasteiger partial charge in [-0.1, -0.05) is 0 Å². The second-order valence-electron chi connectivity index (χ2n) is 6.38. The van der Waals surface area contributed by atoms with E-state index in [1.165, 1.54) is 12.1 Å². The quantitative estimate of drug-likeness (QED) is 0.806. The second-order valence-corrected chi connectivity index (χ2v) is 8.15. The first-order chi connectivity index (χ1) is 11.3. The maximum absolute atomic E-state index is 12.3. The van der Waals surface area contributed by atoms with Crippen molar-refractivity contribution < 1.29 is 22.7 Å². The lowest BCUT2D eigenvalue weighted by molar-refractivity contribution is 0.133. The van der Waals surface area contributed by atoms with Crippen molar-refractivity contribution >= 4 is 16.1 Å². The lowest BCUT2D eigenvalue weighted by atomic mass is 10.3. The summed E-state index contributed by atoms with van der Waals surface area (Å²) in [5.41, 5.74) is 0. The van der Waals surface area contributed by atoms with Gasteiger partial charge < -0.3 is 14.4 Å². The van der Waals surface area contributed by atoms with Crippen LogP contribution in [0.15, 0.2) is 29.2 Å². The van der Waals surface area contributed by atoms with Crippen molar-refractivity contribution in [1.29, 1.82) is 0 Å². The van der Waals surface area contributed by atoms with E-state index in [1.807, 2.05) is 13.8 Å². The molecule has 0 radical (unpaired) electrons. The molecule has 132 valence electrons. The van der Waals surface area contributed by atoms with Crippen molar-refractivity contribution in [3.05, 3.63) is 24.3 Å². The van der Waals surface area contributed by atoms with Crippen molar-refractivity contribution in [2.24, 2.45) is 0 Å². The highest BCUT2D eigenvalue weighted by Crippen LogP contribution is 2.30. The van der Waals surface area contributed by atoms with Gasteiger partial charge in [0.05, 0.1) is 17.5 Å². The molecule has 8 heteroatoms. The van der Waals surface area contributed by atoms with Crippen LogP contribution in [0.5, 0.6) is 5.75 Å². The van der Waals surface area contributed by atoms with Crippen LogP contribution in [0.3, 0.4) is 0 Å². The third-order valence-electron chi connectivity index (χ3n) is 3.90. The number of hydrogen-bond acceptors (Lipinski definition) is 5. The second kappa shape index (κ2) is 6.60.